The fourth-order valence-electron chi connectivity index (χ4n) is 2.68. The molecule has 1 amide bonds. The highest BCUT2D eigenvalue weighted by Gasteiger charge is 2.14. The van der Waals surface area contributed by atoms with Gasteiger partial charge in [0.25, 0.3) is 5.91 Å². The third kappa shape index (κ3) is 5.23. The van der Waals surface area contributed by atoms with E-state index >= 15 is 0 Å². The molecule has 0 aliphatic rings. The fourth-order valence-corrected chi connectivity index (χ4v) is 2.68. The quantitative estimate of drug-likeness (QED) is 0.638. The molecule has 0 radical (unpaired) electrons. The van der Waals surface area contributed by atoms with E-state index in [1.54, 1.807) is 55.9 Å². The third-order valence-corrected chi connectivity index (χ3v) is 4.06. The van der Waals surface area contributed by atoms with Gasteiger partial charge in [-0.3, -0.25) is 9.78 Å². The van der Waals surface area contributed by atoms with Gasteiger partial charge < -0.3 is 19.5 Å². The van der Waals surface area contributed by atoms with Crippen LogP contribution in [0.3, 0.4) is 0 Å². The van der Waals surface area contributed by atoms with Crippen molar-refractivity contribution in [2.45, 2.75) is 13.0 Å². The van der Waals surface area contributed by atoms with Crippen molar-refractivity contribution in [3.8, 4) is 23.0 Å². The molecule has 1 N–H and O–H groups in total. The molecular weight excluding hydrogens is 356 g/mol. The van der Waals surface area contributed by atoms with Gasteiger partial charge in [-0.1, -0.05) is 18.2 Å². The van der Waals surface area contributed by atoms with Gasteiger partial charge in [0.15, 0.2) is 6.61 Å². The summed E-state index contributed by atoms with van der Waals surface area (Å²) < 4.78 is 16.6. The molecule has 1 aromatic heterocycles. The number of hydrogen-bond donors (Lipinski definition) is 1. The minimum atomic E-state index is -0.212. The van der Waals surface area contributed by atoms with E-state index in [0.717, 1.165) is 11.3 Å². The van der Waals surface area contributed by atoms with Gasteiger partial charge in [-0.15, -0.1) is 0 Å². The van der Waals surface area contributed by atoms with E-state index < -0.39 is 0 Å². The summed E-state index contributed by atoms with van der Waals surface area (Å²) in [5, 5.41) is 2.91. The predicted molar refractivity (Wildman–Crippen MR) is 106 cm³/mol. The van der Waals surface area contributed by atoms with Gasteiger partial charge in [-0.05, 0) is 49.4 Å². The average Bonchev–Trinajstić information content (AvgIpc) is 2.74. The highest BCUT2D eigenvalue weighted by Crippen LogP contribution is 2.25. The largest absolute Gasteiger partial charge is 0.496 e. The number of aromatic nitrogens is 1. The lowest BCUT2D eigenvalue weighted by Crippen LogP contribution is -2.31. The molecule has 1 atom stereocenters. The van der Waals surface area contributed by atoms with E-state index in [1.165, 1.54) is 0 Å². The second-order valence-corrected chi connectivity index (χ2v) is 6.08. The molecule has 0 aliphatic heterocycles. The number of ether oxygens (including phenoxy) is 3. The van der Waals surface area contributed by atoms with Crippen molar-refractivity contribution >= 4 is 5.91 Å². The first-order chi connectivity index (χ1) is 13.7. The van der Waals surface area contributed by atoms with Crippen molar-refractivity contribution < 1.29 is 19.0 Å². The molecule has 0 fully saturated rings. The number of para-hydroxylation sites is 1. The van der Waals surface area contributed by atoms with Crippen molar-refractivity contribution in [2.75, 3.05) is 13.7 Å². The zero-order valence-electron chi connectivity index (χ0n) is 15.8. The van der Waals surface area contributed by atoms with Crippen LogP contribution >= 0.6 is 0 Å². The highest BCUT2D eigenvalue weighted by atomic mass is 16.5. The van der Waals surface area contributed by atoms with Gasteiger partial charge in [0.1, 0.15) is 23.0 Å². The highest BCUT2D eigenvalue weighted by molar-refractivity contribution is 5.78. The molecule has 0 spiro atoms. The van der Waals surface area contributed by atoms with E-state index in [2.05, 4.69) is 10.3 Å². The van der Waals surface area contributed by atoms with Crippen LogP contribution in [0.2, 0.25) is 0 Å². The lowest BCUT2D eigenvalue weighted by atomic mass is 10.1. The van der Waals surface area contributed by atoms with E-state index in [-0.39, 0.29) is 18.6 Å². The summed E-state index contributed by atoms with van der Waals surface area (Å²) in [5.74, 6) is 2.49. The second kappa shape index (κ2) is 9.41. The van der Waals surface area contributed by atoms with Gasteiger partial charge in [0.05, 0.1) is 13.2 Å². The molecule has 1 unspecified atom stereocenters. The number of rotatable bonds is 8. The van der Waals surface area contributed by atoms with Crippen molar-refractivity contribution in [2.24, 2.45) is 0 Å². The number of amides is 1. The number of carbonyl (C=O) groups excluding carboxylic acids is 1. The molecule has 0 aliphatic carbocycles. The first-order valence-corrected chi connectivity index (χ1v) is 8.88. The Morgan fingerprint density at radius 2 is 1.61 bits per heavy atom. The van der Waals surface area contributed by atoms with E-state index in [9.17, 15) is 4.79 Å². The van der Waals surface area contributed by atoms with Crippen LogP contribution in [0.1, 0.15) is 18.5 Å². The molecule has 6 nitrogen and oxygen atoms in total. The predicted octanol–water partition coefficient (Wildman–Crippen LogP) is 4.14. The Hall–Kier alpha value is -3.54. The third-order valence-electron chi connectivity index (χ3n) is 4.06. The zero-order valence-corrected chi connectivity index (χ0v) is 15.8. The lowest BCUT2D eigenvalue weighted by Gasteiger charge is -2.17. The maximum absolute atomic E-state index is 12.2. The second-order valence-electron chi connectivity index (χ2n) is 6.08. The maximum Gasteiger partial charge on any atom is 0.258 e. The number of methoxy groups -OCH3 is 1. The molecular formula is C22H22N2O4. The molecule has 1 heterocycles. The molecule has 2 aromatic carbocycles. The summed E-state index contributed by atoms with van der Waals surface area (Å²) in [6, 6.07) is 18.0. The summed E-state index contributed by atoms with van der Waals surface area (Å²) in [4.78, 5) is 16.1. The Balaban J connectivity index is 1.50. The molecule has 0 saturated heterocycles. The van der Waals surface area contributed by atoms with Crippen molar-refractivity contribution in [3.63, 3.8) is 0 Å². The monoisotopic (exact) mass is 378 g/mol. The normalized spacial score (nSPS) is 11.4. The SMILES string of the molecule is COc1ccccc1C(C)NC(=O)COc1ccc(Oc2ccncc2)cc1. The molecule has 3 aromatic rings. The number of pyridine rings is 1. The number of nitrogens with one attached hydrogen (secondary N) is 1. The molecule has 144 valence electrons. The molecule has 0 bridgehead atoms. The minimum Gasteiger partial charge on any atom is -0.496 e. The van der Waals surface area contributed by atoms with Crippen molar-refractivity contribution in [1.29, 1.82) is 0 Å². The molecule has 0 saturated carbocycles. The summed E-state index contributed by atoms with van der Waals surface area (Å²) in [7, 11) is 1.61. The van der Waals surface area contributed by atoms with E-state index in [0.29, 0.717) is 17.2 Å². The van der Waals surface area contributed by atoms with Crippen LogP contribution in [0.25, 0.3) is 0 Å². The summed E-state index contributed by atoms with van der Waals surface area (Å²) in [6.45, 7) is 1.82. The van der Waals surface area contributed by atoms with Crippen LogP contribution in [0, 0.1) is 0 Å². The Kier molecular flexibility index (Phi) is 6.46. The number of hydrogen-bond acceptors (Lipinski definition) is 5. The van der Waals surface area contributed by atoms with Crippen LogP contribution in [-0.4, -0.2) is 24.6 Å². The van der Waals surface area contributed by atoms with Crippen molar-refractivity contribution in [3.05, 3.63) is 78.6 Å². The molecule has 6 heteroatoms. The smallest absolute Gasteiger partial charge is 0.258 e. The topological polar surface area (TPSA) is 69.7 Å². The van der Waals surface area contributed by atoms with Gasteiger partial charge in [-0.2, -0.15) is 0 Å². The minimum absolute atomic E-state index is 0.0793. The van der Waals surface area contributed by atoms with Crippen LogP contribution in [0.5, 0.6) is 23.0 Å². The van der Waals surface area contributed by atoms with Gasteiger partial charge in [0.2, 0.25) is 0 Å². The van der Waals surface area contributed by atoms with E-state index in [1.807, 2.05) is 31.2 Å². The Morgan fingerprint density at radius 1 is 0.964 bits per heavy atom. The first kappa shape index (κ1) is 19.2. The molecule has 28 heavy (non-hydrogen) atoms. The standard InChI is InChI=1S/C22H22N2O4/c1-16(20-5-3-4-6-21(20)26-2)24-22(25)15-27-17-7-9-18(10-8-17)28-19-11-13-23-14-12-19/h3-14,16H,15H2,1-2H3,(H,24,25). The summed E-state index contributed by atoms with van der Waals surface area (Å²) in [6.07, 6.45) is 3.33. The Bertz CT molecular complexity index is 898. The van der Waals surface area contributed by atoms with Crippen LogP contribution < -0.4 is 19.5 Å². The van der Waals surface area contributed by atoms with Crippen LogP contribution in [0.15, 0.2) is 73.1 Å². The number of benzene rings is 2. The maximum atomic E-state index is 12.2. The van der Waals surface area contributed by atoms with Crippen LogP contribution in [-0.2, 0) is 4.79 Å². The zero-order chi connectivity index (χ0) is 19.8. The number of carbonyl (C=O) groups is 1. The Morgan fingerprint density at radius 3 is 2.32 bits per heavy atom. The number of nitrogens with zero attached hydrogens (tertiary/aromatic N) is 1. The molecule has 3 rings (SSSR count). The van der Waals surface area contributed by atoms with Gasteiger partial charge in [-0.25, -0.2) is 0 Å². The van der Waals surface area contributed by atoms with Gasteiger partial charge in [0, 0.05) is 18.0 Å². The van der Waals surface area contributed by atoms with Crippen molar-refractivity contribution in [1.82, 2.24) is 10.3 Å². The summed E-state index contributed by atoms with van der Waals surface area (Å²) in [5.41, 5.74) is 0.913. The Labute approximate surface area is 164 Å². The summed E-state index contributed by atoms with van der Waals surface area (Å²) >= 11 is 0. The van der Waals surface area contributed by atoms with Crippen LogP contribution in [0.4, 0.5) is 0 Å². The average molecular weight is 378 g/mol. The van der Waals surface area contributed by atoms with Gasteiger partial charge >= 0.3 is 0 Å². The lowest BCUT2D eigenvalue weighted by molar-refractivity contribution is -0.123. The van der Waals surface area contributed by atoms with E-state index in [4.69, 9.17) is 14.2 Å². The fraction of sp³-hybridized carbons (Fsp3) is 0.182. The first-order valence-electron chi connectivity index (χ1n) is 8.88.